The van der Waals surface area contributed by atoms with Crippen LogP contribution in [-0.4, -0.2) is 5.48 Å². The van der Waals surface area contributed by atoms with E-state index in [-0.39, 0.29) is 5.48 Å². The first-order chi connectivity index (χ1) is 1.73. The molecule has 0 aliphatic rings. The van der Waals surface area contributed by atoms with Gasteiger partial charge in [-0.15, -0.1) is 0 Å². The van der Waals surface area contributed by atoms with Crippen LogP contribution in [0, 0.1) is 10.8 Å². The fraction of sp³-hybridized carbons (Fsp3) is 0. The minimum Gasteiger partial charge on any atom is -0.870 e. The molecule has 0 spiro atoms. The van der Waals surface area contributed by atoms with Crippen molar-refractivity contribution in [3.8, 4) is 0 Å². The van der Waals surface area contributed by atoms with Crippen LogP contribution in [0.1, 0.15) is 0 Å². The largest absolute Gasteiger partial charge is 0.870 e. The number of halogens is 1. The topological polar surface area (TPSA) is 99.2 Å². The minimum atomic E-state index is -2.85. The summed E-state index contributed by atoms with van der Waals surface area (Å²) in [7, 11) is -2.85. The highest BCUT2D eigenvalue weighted by Crippen LogP contribution is 1.24. The van der Waals surface area contributed by atoms with Crippen LogP contribution < -0.4 is 14.0 Å². The lowest BCUT2D eigenvalue weighted by atomic mass is 15.8. The maximum absolute atomic E-state index is 8.41. The zero-order valence-electron chi connectivity index (χ0n) is 2.05. The molecule has 0 amide bonds. The van der Waals surface area contributed by atoms with Crippen molar-refractivity contribution in [3.63, 3.8) is 0 Å². The molecule has 34 valence electrons. The third-order valence-electron chi connectivity index (χ3n) is 0. The number of hydrogen-bond donors (Lipinski definition) is 0. The second kappa shape index (κ2) is 4.13. The van der Waals surface area contributed by atoms with Gasteiger partial charge < -0.3 is 19.5 Å². The average Bonchev–Trinajstić information content (AvgIpc) is 0.811. The zero-order chi connectivity index (χ0) is 3.58. The van der Waals surface area contributed by atoms with E-state index < -0.39 is 10.8 Å². The van der Waals surface area contributed by atoms with E-state index in [0.717, 1.165) is 0 Å². The summed E-state index contributed by atoms with van der Waals surface area (Å²) in [6.07, 6.45) is 0. The third-order valence-corrected chi connectivity index (χ3v) is 0. The molecule has 4 nitrogen and oxygen atoms in total. The van der Waals surface area contributed by atoms with Crippen LogP contribution in [0.2, 0.25) is 0 Å². The molecule has 1 N–H and O–H groups in total. The fourth-order valence-electron chi connectivity index (χ4n) is 0. The van der Waals surface area contributed by atoms with E-state index in [4.69, 9.17) is 14.0 Å². The summed E-state index contributed by atoms with van der Waals surface area (Å²) < 4.78 is 25.2. The molecule has 0 rings (SSSR count). The Morgan fingerprint density at radius 3 is 1.00 bits per heavy atom. The second-order valence-corrected chi connectivity index (χ2v) is 0.567. The predicted octanol–water partition coefficient (Wildman–Crippen LogP) is -3.74. The van der Waals surface area contributed by atoms with Gasteiger partial charge in [-0.2, -0.15) is 0 Å². The Hall–Kier alpha value is 0.130. The van der Waals surface area contributed by atoms with Gasteiger partial charge in [-0.3, -0.25) is 0 Å². The molecule has 5 heavy (non-hydrogen) atoms. The van der Waals surface area contributed by atoms with Crippen LogP contribution in [0.4, 0.5) is 0 Å². The molecular formula is HClO4-2. The average molecular weight is 100 g/mol. The van der Waals surface area contributed by atoms with Gasteiger partial charge in [-0.05, 0) is 0 Å². The van der Waals surface area contributed by atoms with Crippen LogP contribution in [0.15, 0.2) is 0 Å². The summed E-state index contributed by atoms with van der Waals surface area (Å²) in [5, 5.41) is 0. The maximum Gasteiger partial charge on any atom is 0.0695 e. The van der Waals surface area contributed by atoms with Gasteiger partial charge in [0.25, 0.3) is 0 Å². The molecule has 0 saturated heterocycles. The summed E-state index contributed by atoms with van der Waals surface area (Å²) in [4.78, 5) is 0. The lowest BCUT2D eigenvalue weighted by molar-refractivity contribution is -1.73. The summed E-state index contributed by atoms with van der Waals surface area (Å²) in [6.45, 7) is 0. The Morgan fingerprint density at radius 1 is 1.00 bits per heavy atom. The quantitative estimate of drug-likeness (QED) is 0.312. The van der Waals surface area contributed by atoms with Crippen molar-refractivity contribution < 1.29 is 30.2 Å². The molecule has 0 aromatic heterocycles. The van der Waals surface area contributed by atoms with Crippen LogP contribution in [-0.2, 0) is 0 Å². The van der Waals surface area contributed by atoms with Gasteiger partial charge in [0.2, 0.25) is 0 Å². The van der Waals surface area contributed by atoms with E-state index in [2.05, 4.69) is 0 Å². The van der Waals surface area contributed by atoms with Gasteiger partial charge in [0.05, 0.1) is 10.8 Å². The number of hydrogen-bond acceptors (Lipinski definition) is 4. The lowest BCUT2D eigenvalue weighted by Crippen LogP contribution is -2.42. The van der Waals surface area contributed by atoms with Crippen LogP contribution >= 0.6 is 0 Å². The van der Waals surface area contributed by atoms with Gasteiger partial charge >= 0.3 is 0 Å². The van der Waals surface area contributed by atoms with Crippen molar-refractivity contribution in [2.75, 3.05) is 0 Å². The molecule has 0 radical (unpaired) electrons. The van der Waals surface area contributed by atoms with Gasteiger partial charge in [0.15, 0.2) is 0 Å². The molecule has 0 aliphatic carbocycles. The SMILES string of the molecule is [O-][Cl+2]([O-])[O-].[OH-]. The van der Waals surface area contributed by atoms with E-state index >= 15 is 0 Å². The summed E-state index contributed by atoms with van der Waals surface area (Å²) >= 11 is 0. The lowest BCUT2D eigenvalue weighted by Gasteiger charge is -1.89. The molecular weight excluding hydrogens is 99.4 g/mol. The van der Waals surface area contributed by atoms with Crippen LogP contribution in [0.25, 0.3) is 0 Å². The molecule has 0 saturated carbocycles. The molecule has 0 aliphatic heterocycles. The number of rotatable bonds is 0. The molecule has 5 heteroatoms. The van der Waals surface area contributed by atoms with E-state index in [1.165, 1.54) is 0 Å². The van der Waals surface area contributed by atoms with E-state index in [9.17, 15) is 0 Å². The monoisotopic (exact) mass is 100.0 g/mol. The maximum atomic E-state index is 8.41. The Labute approximate surface area is 31.4 Å². The Bertz CT molecular complexity index is 8.36. The molecule has 0 bridgehead atoms. The standard InChI is InChI=1S/ClO3.H2O/c2-1(3)4;/h;1H2/q-1;/p-1. The second-order valence-electron chi connectivity index (χ2n) is 0.189. The zero-order valence-corrected chi connectivity index (χ0v) is 2.81. The van der Waals surface area contributed by atoms with E-state index in [1.807, 2.05) is 0 Å². The van der Waals surface area contributed by atoms with Crippen molar-refractivity contribution >= 4 is 0 Å². The first kappa shape index (κ1) is 8.93. The van der Waals surface area contributed by atoms with Crippen LogP contribution in [0.5, 0.6) is 0 Å². The van der Waals surface area contributed by atoms with Crippen molar-refractivity contribution in [1.82, 2.24) is 0 Å². The van der Waals surface area contributed by atoms with Crippen molar-refractivity contribution in [2.45, 2.75) is 0 Å². The van der Waals surface area contributed by atoms with Gasteiger partial charge in [-0.25, -0.2) is 0 Å². The smallest absolute Gasteiger partial charge is 0.0695 e. The van der Waals surface area contributed by atoms with Gasteiger partial charge in [0.1, 0.15) is 0 Å². The first-order valence-electron chi connectivity index (χ1n) is 0.463. The molecule has 0 unspecified atom stereocenters. The van der Waals surface area contributed by atoms with E-state index in [0.29, 0.717) is 0 Å². The van der Waals surface area contributed by atoms with Gasteiger partial charge in [-0.1, -0.05) is 0 Å². The van der Waals surface area contributed by atoms with Crippen molar-refractivity contribution in [3.05, 3.63) is 0 Å². The summed E-state index contributed by atoms with van der Waals surface area (Å²) in [5.74, 6) is 0. The molecule has 0 atom stereocenters. The summed E-state index contributed by atoms with van der Waals surface area (Å²) in [6, 6.07) is 0. The van der Waals surface area contributed by atoms with Crippen molar-refractivity contribution in [2.24, 2.45) is 0 Å². The Morgan fingerprint density at radius 2 is 1.00 bits per heavy atom. The molecule has 0 heterocycles. The highest BCUT2D eigenvalue weighted by atomic mass is 35.6. The first-order valence-corrected chi connectivity index (χ1v) is 1.39. The molecule has 0 aromatic carbocycles. The predicted molar refractivity (Wildman–Crippen MR) is 1.94 cm³/mol. The molecule has 0 fully saturated rings. The highest BCUT2D eigenvalue weighted by Gasteiger charge is 1.60. The van der Waals surface area contributed by atoms with Gasteiger partial charge in [0, 0.05) is 0 Å². The van der Waals surface area contributed by atoms with E-state index in [1.54, 1.807) is 0 Å². The van der Waals surface area contributed by atoms with Crippen LogP contribution in [0.3, 0.4) is 0 Å². The Kier molecular flexibility index (Phi) is 7.38. The van der Waals surface area contributed by atoms with Crippen molar-refractivity contribution in [1.29, 1.82) is 0 Å². The molecule has 0 aromatic rings. The Balaban J connectivity index is 0. The fourth-order valence-corrected chi connectivity index (χ4v) is 0. The minimum absolute atomic E-state index is 0. The highest BCUT2D eigenvalue weighted by molar-refractivity contribution is 1.73. The summed E-state index contributed by atoms with van der Waals surface area (Å²) in [5.41, 5.74) is 0. The normalized spacial score (nSPS) is 7.20. The third kappa shape index (κ3) is 1110.